The second-order valence-electron chi connectivity index (χ2n) is 7.91. The van der Waals surface area contributed by atoms with Crippen molar-refractivity contribution in [2.24, 2.45) is 13.0 Å². The summed E-state index contributed by atoms with van der Waals surface area (Å²) >= 11 is 0. The zero-order valence-corrected chi connectivity index (χ0v) is 17.3. The highest BCUT2D eigenvalue weighted by molar-refractivity contribution is 5.96. The first-order chi connectivity index (χ1) is 14.6. The summed E-state index contributed by atoms with van der Waals surface area (Å²) in [5, 5.41) is 13.0. The van der Waals surface area contributed by atoms with E-state index < -0.39 is 30.3 Å². The van der Waals surface area contributed by atoms with Crippen LogP contribution in [-0.2, 0) is 11.8 Å². The molecule has 0 spiro atoms. The van der Waals surface area contributed by atoms with Gasteiger partial charge in [-0.05, 0) is 31.0 Å². The van der Waals surface area contributed by atoms with Crippen molar-refractivity contribution < 1.29 is 18.7 Å². The summed E-state index contributed by atoms with van der Waals surface area (Å²) in [5.74, 6) is -4.97. The molecule has 1 fully saturated rings. The number of pyridine rings is 3. The van der Waals surface area contributed by atoms with Gasteiger partial charge in [-0.15, -0.1) is 0 Å². The molecule has 162 valence electrons. The number of nitrogens with zero attached hydrogens (tertiary/aromatic N) is 3. The zero-order valence-electron chi connectivity index (χ0n) is 17.3. The van der Waals surface area contributed by atoms with Crippen LogP contribution in [0, 0.1) is 12.8 Å². The van der Waals surface area contributed by atoms with E-state index in [1.807, 2.05) is 13.8 Å². The molecule has 1 aliphatic rings. The Kier molecular flexibility index (Phi) is 5.09. The number of alkyl halides is 2. The van der Waals surface area contributed by atoms with Gasteiger partial charge in [-0.1, -0.05) is 6.92 Å². The van der Waals surface area contributed by atoms with Gasteiger partial charge in [0.15, 0.2) is 0 Å². The van der Waals surface area contributed by atoms with Crippen LogP contribution in [0.1, 0.15) is 37.1 Å². The van der Waals surface area contributed by atoms with Crippen LogP contribution in [-0.4, -0.2) is 31.5 Å². The van der Waals surface area contributed by atoms with E-state index in [-0.39, 0.29) is 11.4 Å². The maximum absolute atomic E-state index is 13.1. The number of aliphatic hydroxyl groups is 1. The average molecular weight is 428 g/mol. The number of amides is 1. The lowest BCUT2D eigenvalue weighted by atomic mass is 10.0. The van der Waals surface area contributed by atoms with Crippen LogP contribution in [0.5, 0.6) is 0 Å². The largest absolute Gasteiger partial charge is 0.387 e. The number of carbonyl (C=O) groups is 1. The van der Waals surface area contributed by atoms with Crippen molar-refractivity contribution in [1.29, 1.82) is 0 Å². The summed E-state index contributed by atoms with van der Waals surface area (Å²) < 4.78 is 27.6. The number of nitrogens with one attached hydrogen (secondary N) is 1. The number of fused-ring (bicyclic) bond motifs is 1. The number of rotatable bonds is 5. The van der Waals surface area contributed by atoms with Crippen LogP contribution in [0.4, 0.5) is 14.6 Å². The van der Waals surface area contributed by atoms with E-state index in [9.17, 15) is 23.5 Å². The summed E-state index contributed by atoms with van der Waals surface area (Å²) in [4.78, 5) is 33.4. The van der Waals surface area contributed by atoms with Crippen molar-refractivity contribution in [1.82, 2.24) is 14.5 Å². The second kappa shape index (κ2) is 7.49. The summed E-state index contributed by atoms with van der Waals surface area (Å²) in [5.41, 5.74) is 2.64. The number of hydrogen-bond acceptors (Lipinski definition) is 5. The van der Waals surface area contributed by atoms with Gasteiger partial charge in [0.05, 0.1) is 17.3 Å². The Bertz CT molecular complexity index is 1260. The maximum atomic E-state index is 13.1. The molecule has 0 radical (unpaired) electrons. The van der Waals surface area contributed by atoms with E-state index in [0.29, 0.717) is 34.1 Å². The maximum Gasteiger partial charge on any atom is 0.260 e. The molecule has 0 saturated heterocycles. The summed E-state index contributed by atoms with van der Waals surface area (Å²) in [6, 6.07) is 4.94. The van der Waals surface area contributed by atoms with Gasteiger partial charge in [0.25, 0.3) is 11.5 Å². The summed E-state index contributed by atoms with van der Waals surface area (Å²) in [7, 11) is 1.59. The Morgan fingerprint density at radius 2 is 2.00 bits per heavy atom. The fourth-order valence-corrected chi connectivity index (χ4v) is 3.59. The third-order valence-corrected chi connectivity index (χ3v) is 5.65. The van der Waals surface area contributed by atoms with Crippen LogP contribution >= 0.6 is 0 Å². The van der Waals surface area contributed by atoms with Gasteiger partial charge in [-0.25, -0.2) is 13.8 Å². The summed E-state index contributed by atoms with van der Waals surface area (Å²) in [6.45, 7) is 3.70. The van der Waals surface area contributed by atoms with Gasteiger partial charge in [0, 0.05) is 48.4 Å². The minimum atomic E-state index is -2.96. The molecule has 3 aromatic heterocycles. The number of aromatic nitrogens is 3. The molecular formula is C22H22F2N4O3. The Balaban J connectivity index is 1.71. The van der Waals surface area contributed by atoms with Gasteiger partial charge in [-0.3, -0.25) is 14.6 Å². The predicted molar refractivity (Wildman–Crippen MR) is 112 cm³/mol. The molecule has 0 unspecified atom stereocenters. The molecule has 3 heterocycles. The fraction of sp³-hybridized carbons (Fsp3) is 0.364. The first-order valence-corrected chi connectivity index (χ1v) is 9.96. The normalized spacial score (nSPS) is 18.1. The summed E-state index contributed by atoms with van der Waals surface area (Å²) in [6.07, 6.45) is 2.46. The van der Waals surface area contributed by atoms with Crippen LogP contribution < -0.4 is 10.9 Å². The zero-order chi connectivity index (χ0) is 22.5. The Hall–Kier alpha value is -3.20. The highest BCUT2D eigenvalue weighted by Crippen LogP contribution is 2.49. The van der Waals surface area contributed by atoms with Gasteiger partial charge in [0.2, 0.25) is 5.91 Å². The van der Waals surface area contributed by atoms with Crippen molar-refractivity contribution >= 4 is 22.6 Å². The Morgan fingerprint density at radius 1 is 1.29 bits per heavy atom. The van der Waals surface area contributed by atoms with Crippen LogP contribution in [0.3, 0.4) is 0 Å². The minimum absolute atomic E-state index is 0.110. The molecule has 7 nitrogen and oxygen atoms in total. The highest BCUT2D eigenvalue weighted by atomic mass is 19.3. The number of aryl methyl sites for hydroxylation is 2. The highest BCUT2D eigenvalue weighted by Gasteiger charge is 2.61. The first-order valence-electron chi connectivity index (χ1n) is 9.96. The van der Waals surface area contributed by atoms with E-state index in [0.717, 1.165) is 5.56 Å². The lowest BCUT2D eigenvalue weighted by Crippen LogP contribution is -2.21. The molecule has 0 aromatic carbocycles. The lowest BCUT2D eigenvalue weighted by Gasteiger charge is -2.14. The second-order valence-corrected chi connectivity index (χ2v) is 7.91. The molecule has 2 N–H and O–H groups in total. The van der Waals surface area contributed by atoms with E-state index in [2.05, 4.69) is 15.3 Å². The average Bonchev–Trinajstić information content (AvgIpc) is 3.39. The molecule has 2 atom stereocenters. The SMILES string of the molecule is CC[C@H](O)c1cc(C)c(-c2cc3cnc(NC(=O)[C@H]4CC4(F)F)cc3n(C)c2=O)cn1. The Morgan fingerprint density at radius 3 is 2.61 bits per heavy atom. The number of anilines is 1. The first kappa shape index (κ1) is 21.0. The smallest absolute Gasteiger partial charge is 0.260 e. The molecule has 9 heteroatoms. The van der Waals surface area contributed by atoms with Crippen LogP contribution in [0.15, 0.2) is 35.4 Å². The van der Waals surface area contributed by atoms with Crippen LogP contribution in [0.25, 0.3) is 22.0 Å². The molecule has 4 rings (SSSR count). The number of halogens is 2. The molecule has 3 aromatic rings. The van der Waals surface area contributed by atoms with E-state index in [1.165, 1.54) is 16.8 Å². The van der Waals surface area contributed by atoms with E-state index >= 15 is 0 Å². The van der Waals surface area contributed by atoms with Gasteiger partial charge >= 0.3 is 0 Å². The number of aliphatic hydroxyl groups excluding tert-OH is 1. The molecule has 0 bridgehead atoms. The molecule has 31 heavy (non-hydrogen) atoms. The lowest BCUT2D eigenvalue weighted by molar-refractivity contribution is -0.119. The predicted octanol–water partition coefficient (Wildman–Crippen LogP) is 3.34. The standard InChI is InChI=1S/C22H22F2N4O3/c1-4-18(29)16-5-11(2)14(10-25-16)13-6-12-9-26-19(7-17(12)28(3)21(13)31)27-20(30)15-8-22(15,23)24/h5-7,9-10,15,18,29H,4,8H2,1-3H3,(H,26,27,30)/t15-,18+/m1/s1. The Labute approximate surface area is 176 Å². The number of hydrogen-bond donors (Lipinski definition) is 2. The topological polar surface area (TPSA) is 97.1 Å². The molecule has 0 aliphatic heterocycles. The quantitative estimate of drug-likeness (QED) is 0.650. The number of carbonyl (C=O) groups excluding carboxylic acids is 1. The van der Waals surface area contributed by atoms with E-state index in [4.69, 9.17) is 0 Å². The van der Waals surface area contributed by atoms with E-state index in [1.54, 1.807) is 25.4 Å². The van der Waals surface area contributed by atoms with Gasteiger partial charge in [-0.2, -0.15) is 0 Å². The van der Waals surface area contributed by atoms with Crippen molar-refractivity contribution in [3.8, 4) is 11.1 Å². The van der Waals surface area contributed by atoms with Crippen molar-refractivity contribution in [2.75, 3.05) is 5.32 Å². The van der Waals surface area contributed by atoms with Crippen LogP contribution in [0.2, 0.25) is 0 Å². The minimum Gasteiger partial charge on any atom is -0.387 e. The fourth-order valence-electron chi connectivity index (χ4n) is 3.59. The molecule has 1 aliphatic carbocycles. The van der Waals surface area contributed by atoms with Gasteiger partial charge < -0.3 is 15.0 Å². The third kappa shape index (κ3) is 3.81. The van der Waals surface area contributed by atoms with Crippen molar-refractivity contribution in [3.63, 3.8) is 0 Å². The monoisotopic (exact) mass is 428 g/mol. The third-order valence-electron chi connectivity index (χ3n) is 5.65. The molecular weight excluding hydrogens is 406 g/mol. The van der Waals surface area contributed by atoms with Gasteiger partial charge in [0.1, 0.15) is 11.7 Å². The molecule has 1 amide bonds. The molecule has 1 saturated carbocycles. The van der Waals surface area contributed by atoms with Crippen molar-refractivity contribution in [3.05, 3.63) is 52.2 Å². The van der Waals surface area contributed by atoms with Crippen molar-refractivity contribution in [2.45, 2.75) is 38.7 Å².